The van der Waals surface area contributed by atoms with Gasteiger partial charge in [0, 0.05) is 13.0 Å². The zero-order valence-electron chi connectivity index (χ0n) is 10.9. The van der Waals surface area contributed by atoms with Gasteiger partial charge in [-0.25, -0.2) is 13.2 Å². The van der Waals surface area contributed by atoms with Crippen LogP contribution < -0.4 is 0 Å². The van der Waals surface area contributed by atoms with E-state index in [1.807, 2.05) is 0 Å². The molecule has 11 heteroatoms. The summed E-state index contributed by atoms with van der Waals surface area (Å²) in [6.07, 6.45) is -8.48. The monoisotopic (exact) mass is 340 g/mol. The van der Waals surface area contributed by atoms with Crippen LogP contribution in [0.25, 0.3) is 0 Å². The molecular weight excluding hydrogens is 329 g/mol. The van der Waals surface area contributed by atoms with Crippen molar-refractivity contribution in [2.75, 3.05) is 6.54 Å². The molecule has 2 rings (SSSR count). The average molecular weight is 340 g/mol. The van der Waals surface area contributed by atoms with E-state index < -0.39 is 33.5 Å². The highest BCUT2D eigenvalue weighted by atomic mass is 32.2. The van der Waals surface area contributed by atoms with Crippen LogP contribution in [-0.2, 0) is 14.9 Å². The highest BCUT2D eigenvalue weighted by Gasteiger charge is 2.49. The maximum Gasteiger partial charge on any atom is 0.540 e. The normalized spacial score (nSPS) is 19.1. The van der Waals surface area contributed by atoms with Crippen LogP contribution in [-0.4, -0.2) is 48.1 Å². The quantitative estimate of drug-likeness (QED) is 0.845. The van der Waals surface area contributed by atoms with Crippen molar-refractivity contribution in [3.05, 3.63) is 30.3 Å². The topological polar surface area (TPSA) is 87.2 Å². The SMILES string of the molecule is O=C(O)N1CCC1N(OC(F)(F)F)S(=O)(=O)c1ccccc1. The molecule has 1 aliphatic heterocycles. The second-order valence-electron chi connectivity index (χ2n) is 4.36. The molecule has 22 heavy (non-hydrogen) atoms. The van der Waals surface area contributed by atoms with E-state index in [0.717, 1.165) is 12.1 Å². The predicted octanol–water partition coefficient (Wildman–Crippen LogP) is 1.84. The Labute approximate surface area is 123 Å². The number of benzene rings is 1. The van der Waals surface area contributed by atoms with Crippen LogP contribution in [0.4, 0.5) is 18.0 Å². The maximum atomic E-state index is 12.5. The molecule has 1 aromatic carbocycles. The van der Waals surface area contributed by atoms with E-state index in [9.17, 15) is 26.4 Å². The second kappa shape index (κ2) is 5.74. The fraction of sp³-hybridized carbons (Fsp3) is 0.364. The molecule has 1 fully saturated rings. The average Bonchev–Trinajstić information content (AvgIpc) is 2.35. The molecule has 1 heterocycles. The molecule has 122 valence electrons. The number of likely N-dealkylation sites (tertiary alicyclic amines) is 1. The number of sulfonamides is 1. The van der Waals surface area contributed by atoms with Crippen LogP contribution in [0.1, 0.15) is 6.42 Å². The number of halogens is 3. The Hall–Kier alpha value is -1.85. The largest absolute Gasteiger partial charge is 0.540 e. The molecule has 1 aromatic rings. The molecular formula is C11H11F3N2O5S. The highest BCUT2D eigenvalue weighted by molar-refractivity contribution is 7.89. The Balaban J connectivity index is 2.39. The van der Waals surface area contributed by atoms with Crippen molar-refractivity contribution in [1.29, 1.82) is 0 Å². The van der Waals surface area contributed by atoms with E-state index in [-0.39, 0.29) is 17.4 Å². The van der Waals surface area contributed by atoms with Crippen molar-refractivity contribution in [2.24, 2.45) is 0 Å². The van der Waals surface area contributed by atoms with Crippen LogP contribution in [0.15, 0.2) is 35.2 Å². The van der Waals surface area contributed by atoms with Crippen LogP contribution in [0, 0.1) is 0 Å². The molecule has 0 aliphatic carbocycles. The third-order valence-electron chi connectivity index (χ3n) is 2.95. The smallest absolute Gasteiger partial charge is 0.465 e. The van der Waals surface area contributed by atoms with Gasteiger partial charge in [0.25, 0.3) is 10.0 Å². The van der Waals surface area contributed by atoms with E-state index in [0.29, 0.717) is 4.90 Å². The minimum absolute atomic E-state index is 0.0813. The van der Waals surface area contributed by atoms with Gasteiger partial charge >= 0.3 is 12.5 Å². The number of carboxylic acid groups (broad SMARTS) is 1. The lowest BCUT2D eigenvalue weighted by Crippen LogP contribution is -2.61. The lowest BCUT2D eigenvalue weighted by atomic mass is 10.2. The summed E-state index contributed by atoms with van der Waals surface area (Å²) in [5, 5.41) is 8.85. The number of carbonyl (C=O) groups is 1. The number of hydroxylamine groups is 1. The first-order valence-electron chi connectivity index (χ1n) is 5.98. The zero-order chi connectivity index (χ0) is 16.5. The molecule has 1 saturated heterocycles. The second-order valence-corrected chi connectivity index (χ2v) is 6.14. The van der Waals surface area contributed by atoms with Crippen LogP contribution >= 0.6 is 0 Å². The number of rotatable bonds is 4. The highest BCUT2D eigenvalue weighted by Crippen LogP contribution is 2.32. The molecule has 7 nitrogen and oxygen atoms in total. The van der Waals surface area contributed by atoms with Crippen molar-refractivity contribution < 1.29 is 36.3 Å². The molecule has 1 amide bonds. The summed E-state index contributed by atoms with van der Waals surface area (Å²) in [4.78, 5) is 14.6. The molecule has 0 aromatic heterocycles. The summed E-state index contributed by atoms with van der Waals surface area (Å²) in [7, 11) is -4.67. The van der Waals surface area contributed by atoms with Gasteiger partial charge in [-0.3, -0.25) is 4.90 Å². The summed E-state index contributed by atoms with van der Waals surface area (Å²) in [5.41, 5.74) is 0. The third kappa shape index (κ3) is 3.31. The fourth-order valence-electron chi connectivity index (χ4n) is 1.88. The van der Waals surface area contributed by atoms with Crippen LogP contribution in [0.2, 0.25) is 0 Å². The molecule has 1 atom stereocenters. The lowest BCUT2D eigenvalue weighted by molar-refractivity contribution is -0.406. The van der Waals surface area contributed by atoms with Crippen molar-refractivity contribution in [3.8, 4) is 0 Å². The van der Waals surface area contributed by atoms with Crippen molar-refractivity contribution in [2.45, 2.75) is 23.8 Å². The Morgan fingerprint density at radius 3 is 2.32 bits per heavy atom. The van der Waals surface area contributed by atoms with E-state index >= 15 is 0 Å². The first-order valence-corrected chi connectivity index (χ1v) is 7.42. The minimum atomic E-state index is -5.28. The molecule has 0 radical (unpaired) electrons. The van der Waals surface area contributed by atoms with Gasteiger partial charge < -0.3 is 5.11 Å². The van der Waals surface area contributed by atoms with Crippen LogP contribution in [0.5, 0.6) is 0 Å². The summed E-state index contributed by atoms with van der Waals surface area (Å²) in [5.74, 6) is 0. The van der Waals surface area contributed by atoms with Gasteiger partial charge in [-0.2, -0.15) is 4.84 Å². The van der Waals surface area contributed by atoms with Gasteiger partial charge in [-0.1, -0.05) is 18.2 Å². The fourth-order valence-corrected chi connectivity index (χ4v) is 3.32. The molecule has 1 aliphatic rings. The molecule has 0 saturated carbocycles. The van der Waals surface area contributed by atoms with Crippen molar-refractivity contribution >= 4 is 16.1 Å². The third-order valence-corrected chi connectivity index (χ3v) is 4.61. The van der Waals surface area contributed by atoms with Gasteiger partial charge in [-0.15, -0.1) is 13.2 Å². The van der Waals surface area contributed by atoms with Crippen LogP contribution in [0.3, 0.4) is 0 Å². The van der Waals surface area contributed by atoms with E-state index in [1.54, 1.807) is 0 Å². The van der Waals surface area contributed by atoms with Gasteiger partial charge in [-0.05, 0) is 16.6 Å². The standard InChI is InChI=1S/C11H11F3N2O5S/c12-11(13,14)21-16(9-6-7-15(9)10(17)18)22(19,20)8-4-2-1-3-5-8/h1-5,9H,6-7H2,(H,17,18). The maximum absolute atomic E-state index is 12.5. The molecule has 1 N–H and O–H groups in total. The summed E-state index contributed by atoms with van der Waals surface area (Å²) in [6, 6.07) is 6.32. The summed E-state index contributed by atoms with van der Waals surface area (Å²) in [6.45, 7) is -0.0813. The number of alkyl halides is 3. The van der Waals surface area contributed by atoms with Gasteiger partial charge in [0.05, 0.1) is 4.90 Å². The Morgan fingerprint density at radius 1 is 1.32 bits per heavy atom. The molecule has 0 bridgehead atoms. The van der Waals surface area contributed by atoms with Gasteiger partial charge in [0.15, 0.2) is 0 Å². The van der Waals surface area contributed by atoms with Crippen molar-refractivity contribution in [3.63, 3.8) is 0 Å². The lowest BCUT2D eigenvalue weighted by Gasteiger charge is -2.43. The van der Waals surface area contributed by atoms with Gasteiger partial charge in [0.1, 0.15) is 6.17 Å². The van der Waals surface area contributed by atoms with E-state index in [4.69, 9.17) is 5.11 Å². The molecule has 1 unspecified atom stereocenters. The van der Waals surface area contributed by atoms with Crippen molar-refractivity contribution in [1.82, 2.24) is 9.37 Å². The summed E-state index contributed by atoms with van der Waals surface area (Å²) < 4.78 is 61.8. The Kier molecular flexibility index (Phi) is 4.31. The predicted molar refractivity (Wildman–Crippen MR) is 65.7 cm³/mol. The number of hydrogen-bond donors (Lipinski definition) is 1. The minimum Gasteiger partial charge on any atom is -0.465 e. The van der Waals surface area contributed by atoms with Gasteiger partial charge in [0.2, 0.25) is 0 Å². The van der Waals surface area contributed by atoms with E-state index in [1.165, 1.54) is 18.2 Å². The number of nitrogens with zero attached hydrogens (tertiary/aromatic N) is 2. The molecule has 0 spiro atoms. The first kappa shape index (κ1) is 16.5. The summed E-state index contributed by atoms with van der Waals surface area (Å²) >= 11 is 0. The number of hydrogen-bond acceptors (Lipinski definition) is 4. The van der Waals surface area contributed by atoms with E-state index in [2.05, 4.69) is 4.84 Å². The Morgan fingerprint density at radius 2 is 1.91 bits per heavy atom. The Bertz CT molecular complexity index is 649. The zero-order valence-corrected chi connectivity index (χ0v) is 11.7. The first-order chi connectivity index (χ1) is 10.1. The number of amides is 1.